The van der Waals surface area contributed by atoms with Gasteiger partial charge in [-0.1, -0.05) is 29.5 Å². The van der Waals surface area contributed by atoms with Crippen molar-refractivity contribution in [3.05, 3.63) is 60.5 Å². The molecule has 0 aliphatic carbocycles. The molecule has 0 aliphatic rings. The molecule has 2 aromatic heterocycles. The number of carbonyl (C=O) groups is 2. The van der Waals surface area contributed by atoms with Crippen LogP contribution in [0, 0.1) is 5.82 Å². The van der Waals surface area contributed by atoms with Crippen molar-refractivity contribution in [1.82, 2.24) is 15.3 Å². The van der Waals surface area contributed by atoms with E-state index in [1.807, 2.05) is 6.07 Å². The van der Waals surface area contributed by atoms with Crippen LogP contribution in [0.2, 0.25) is 0 Å². The molecule has 2 amide bonds. The van der Waals surface area contributed by atoms with E-state index >= 15 is 4.39 Å². The summed E-state index contributed by atoms with van der Waals surface area (Å²) in [5, 5.41) is 14.3. The Hall–Kier alpha value is -3.45. The summed E-state index contributed by atoms with van der Waals surface area (Å²) in [6.07, 6.45) is 1.64. The number of carboxylic acid groups (broad SMARTS) is 1. The summed E-state index contributed by atoms with van der Waals surface area (Å²) in [6.45, 7) is 1.72. The van der Waals surface area contributed by atoms with Gasteiger partial charge in [-0.2, -0.15) is 0 Å². The summed E-state index contributed by atoms with van der Waals surface area (Å²) < 4.78 is 21.4. The Labute approximate surface area is 211 Å². The van der Waals surface area contributed by atoms with E-state index < -0.39 is 24.4 Å². The SMILES string of the molecule is CCNC(=O)Nc1nc2c(F)c(-c3cccc(OCC(=O)O)c3)cc(-c3ccccn3)c2s1.[H-].[Li+]. The second kappa shape index (κ2) is 11.1. The minimum atomic E-state index is -1.11. The summed E-state index contributed by atoms with van der Waals surface area (Å²) in [4.78, 5) is 31.5. The summed E-state index contributed by atoms with van der Waals surface area (Å²) in [5.41, 5.74) is 2.11. The fraction of sp³-hybridized carbons (Fsp3) is 0.130. The maximum Gasteiger partial charge on any atom is 1.00 e. The third-order valence-electron chi connectivity index (χ3n) is 4.61. The normalized spacial score (nSPS) is 10.4. The third kappa shape index (κ3) is 5.54. The first-order valence-corrected chi connectivity index (χ1v) is 10.8. The van der Waals surface area contributed by atoms with Crippen LogP contribution in [0.1, 0.15) is 8.35 Å². The number of nitrogens with zero attached hydrogens (tertiary/aromatic N) is 2. The monoisotopic (exact) mass is 474 g/mol. The van der Waals surface area contributed by atoms with Gasteiger partial charge in [-0.15, -0.1) is 0 Å². The Balaban J connectivity index is 0.00000216. The molecule has 0 aliphatic heterocycles. The standard InChI is InChI=1S/C23H19FN4O4S.Li.H/c1-2-25-22(31)28-23-27-20-19(24)15(13-6-5-7-14(10-13)32-12-18(29)30)11-16(21(20)33-23)17-8-3-4-9-26-17;;/h3-11H,2,12H2,1H3,(H,29,30)(H2,25,27,28,31);;/q;+1;-1. The number of thiazole rings is 1. The number of carbonyl (C=O) groups excluding carboxylic acids is 1. The maximum absolute atomic E-state index is 15.7. The van der Waals surface area contributed by atoms with E-state index in [9.17, 15) is 9.59 Å². The van der Waals surface area contributed by atoms with Crippen molar-refractivity contribution in [1.29, 1.82) is 0 Å². The minimum Gasteiger partial charge on any atom is -1.00 e. The van der Waals surface area contributed by atoms with E-state index in [0.29, 0.717) is 33.8 Å². The molecule has 4 rings (SSSR count). The Morgan fingerprint density at radius 2 is 2.00 bits per heavy atom. The second-order valence-electron chi connectivity index (χ2n) is 6.89. The predicted octanol–water partition coefficient (Wildman–Crippen LogP) is 1.89. The number of benzene rings is 2. The number of aliphatic carboxylic acids is 1. The van der Waals surface area contributed by atoms with E-state index in [4.69, 9.17) is 9.84 Å². The van der Waals surface area contributed by atoms with Crippen molar-refractivity contribution < 1.29 is 44.1 Å². The molecule has 0 atom stereocenters. The molecule has 0 saturated heterocycles. The van der Waals surface area contributed by atoms with Crippen molar-refractivity contribution in [2.45, 2.75) is 6.92 Å². The number of nitrogens with one attached hydrogen (secondary N) is 2. The molecule has 0 bridgehead atoms. The largest absolute Gasteiger partial charge is 1.00 e. The molecule has 3 N–H and O–H groups in total. The fourth-order valence-corrected chi connectivity index (χ4v) is 4.21. The molecule has 2 heterocycles. The van der Waals surface area contributed by atoms with Crippen LogP contribution in [0.4, 0.5) is 14.3 Å². The molecular formula is C23H20FLiN4O4S. The van der Waals surface area contributed by atoms with Gasteiger partial charge in [-0.05, 0) is 42.8 Å². The number of halogens is 1. The number of rotatable bonds is 7. The first-order chi connectivity index (χ1) is 16.0. The van der Waals surface area contributed by atoms with Gasteiger partial charge in [0.15, 0.2) is 17.6 Å². The van der Waals surface area contributed by atoms with E-state index in [1.54, 1.807) is 55.6 Å². The molecule has 170 valence electrons. The summed E-state index contributed by atoms with van der Waals surface area (Å²) in [7, 11) is 0. The van der Waals surface area contributed by atoms with Crippen LogP contribution < -0.4 is 34.2 Å². The first-order valence-electron chi connectivity index (χ1n) is 10.0. The summed E-state index contributed by atoms with van der Waals surface area (Å²) >= 11 is 1.15. The molecule has 0 unspecified atom stereocenters. The average molecular weight is 474 g/mol. The molecule has 0 radical (unpaired) electrons. The Bertz CT molecular complexity index is 1340. The third-order valence-corrected chi connectivity index (χ3v) is 5.61. The number of aromatic nitrogens is 2. The van der Waals surface area contributed by atoms with E-state index in [1.165, 1.54) is 0 Å². The zero-order valence-corrected chi connectivity index (χ0v) is 19.3. The number of ether oxygens (including phenoxy) is 1. The van der Waals surface area contributed by atoms with Crippen LogP contribution >= 0.6 is 11.3 Å². The average Bonchev–Trinajstić information content (AvgIpc) is 3.23. The Morgan fingerprint density at radius 1 is 1.18 bits per heavy atom. The zero-order chi connectivity index (χ0) is 23.4. The van der Waals surface area contributed by atoms with Crippen LogP contribution in [-0.4, -0.2) is 40.2 Å². The van der Waals surface area contributed by atoms with Crippen molar-refractivity contribution in [2.75, 3.05) is 18.5 Å². The topological polar surface area (TPSA) is 113 Å². The number of urea groups is 1. The number of anilines is 1. The predicted molar refractivity (Wildman–Crippen MR) is 125 cm³/mol. The number of hydrogen-bond acceptors (Lipinski definition) is 6. The van der Waals surface area contributed by atoms with Gasteiger partial charge in [0.2, 0.25) is 0 Å². The van der Waals surface area contributed by atoms with Crippen LogP contribution in [0.25, 0.3) is 32.6 Å². The summed E-state index contributed by atoms with van der Waals surface area (Å²) in [6, 6.07) is 13.2. The smallest absolute Gasteiger partial charge is 1.00 e. The molecule has 34 heavy (non-hydrogen) atoms. The molecule has 0 spiro atoms. The van der Waals surface area contributed by atoms with E-state index in [0.717, 1.165) is 11.3 Å². The van der Waals surface area contributed by atoms with Crippen LogP contribution in [-0.2, 0) is 4.79 Å². The van der Waals surface area contributed by atoms with Crippen molar-refractivity contribution >= 4 is 38.7 Å². The number of amides is 2. The molecule has 4 aromatic rings. The van der Waals surface area contributed by atoms with Crippen LogP contribution in [0.3, 0.4) is 0 Å². The zero-order valence-electron chi connectivity index (χ0n) is 19.5. The Kier molecular flexibility index (Phi) is 8.23. The Morgan fingerprint density at radius 3 is 2.71 bits per heavy atom. The van der Waals surface area contributed by atoms with E-state index in [-0.39, 0.29) is 36.5 Å². The molecule has 2 aromatic carbocycles. The number of hydrogen-bond donors (Lipinski definition) is 3. The summed E-state index contributed by atoms with van der Waals surface area (Å²) in [5.74, 6) is -1.38. The van der Waals surface area contributed by atoms with Gasteiger partial charge in [-0.25, -0.2) is 19.0 Å². The van der Waals surface area contributed by atoms with Crippen molar-refractivity contribution in [3.63, 3.8) is 0 Å². The van der Waals surface area contributed by atoms with Crippen molar-refractivity contribution in [2.24, 2.45) is 0 Å². The number of pyridine rings is 1. The molecule has 8 nitrogen and oxygen atoms in total. The first kappa shape index (κ1) is 25.2. The van der Waals surface area contributed by atoms with Gasteiger partial charge < -0.3 is 16.6 Å². The van der Waals surface area contributed by atoms with E-state index in [2.05, 4.69) is 20.6 Å². The molecule has 0 fully saturated rings. The van der Waals surface area contributed by atoms with Gasteiger partial charge in [0.1, 0.15) is 11.3 Å². The van der Waals surface area contributed by atoms with Gasteiger partial charge in [-0.3, -0.25) is 10.3 Å². The molecular weight excluding hydrogens is 454 g/mol. The van der Waals surface area contributed by atoms with Gasteiger partial charge in [0.25, 0.3) is 0 Å². The van der Waals surface area contributed by atoms with Crippen molar-refractivity contribution in [3.8, 4) is 28.1 Å². The number of fused-ring (bicyclic) bond motifs is 1. The molecule has 11 heteroatoms. The quantitative estimate of drug-likeness (QED) is 0.353. The van der Waals surface area contributed by atoms with Gasteiger partial charge >= 0.3 is 30.9 Å². The molecule has 0 saturated carbocycles. The van der Waals surface area contributed by atoms with Gasteiger partial charge in [0, 0.05) is 23.9 Å². The van der Waals surface area contributed by atoms with Gasteiger partial charge in [0.05, 0.1) is 10.4 Å². The van der Waals surface area contributed by atoms with Crippen LogP contribution in [0.15, 0.2) is 54.7 Å². The number of carboxylic acids is 1. The minimum absolute atomic E-state index is 0. The second-order valence-corrected chi connectivity index (χ2v) is 7.89. The fourth-order valence-electron chi connectivity index (χ4n) is 3.23. The van der Waals surface area contributed by atoms with Crippen LogP contribution in [0.5, 0.6) is 5.75 Å². The maximum atomic E-state index is 15.7.